The molecule has 1 unspecified atom stereocenters. The Morgan fingerprint density at radius 3 is 2.22 bits per heavy atom. The summed E-state index contributed by atoms with van der Waals surface area (Å²) >= 11 is 0. The summed E-state index contributed by atoms with van der Waals surface area (Å²) < 4.78 is 28.9. The van der Waals surface area contributed by atoms with Crippen LogP contribution in [0.3, 0.4) is 0 Å². The maximum Gasteiger partial charge on any atom is 0.175 e. The third-order valence-electron chi connectivity index (χ3n) is 5.15. The number of oxime groups is 1. The molecule has 0 bridgehead atoms. The second-order valence-electron chi connectivity index (χ2n) is 6.99. The third-order valence-corrected chi connectivity index (χ3v) is 6.28. The normalized spacial score (nSPS) is 17.6. The zero-order valence-corrected chi connectivity index (χ0v) is 16.2. The smallest absolute Gasteiger partial charge is 0.175 e. The van der Waals surface area contributed by atoms with Crippen molar-refractivity contribution in [3.8, 4) is 0 Å². The Bertz CT molecular complexity index is 870. The molecule has 1 heterocycles. The van der Waals surface area contributed by atoms with E-state index < -0.39 is 9.84 Å². The van der Waals surface area contributed by atoms with Crippen molar-refractivity contribution in [1.29, 1.82) is 0 Å². The highest BCUT2D eigenvalue weighted by atomic mass is 32.2. The molecule has 1 aliphatic heterocycles. The number of nitrogens with zero attached hydrogens (tertiary/aromatic N) is 1. The van der Waals surface area contributed by atoms with Crippen LogP contribution in [-0.2, 0) is 14.6 Å². The monoisotopic (exact) mass is 387 g/mol. The molecule has 0 aromatic heterocycles. The minimum Gasteiger partial charge on any atom is -0.411 e. The molecular formula is C21H25NO4S. The van der Waals surface area contributed by atoms with Crippen LogP contribution in [0.1, 0.15) is 36.3 Å². The van der Waals surface area contributed by atoms with Crippen molar-refractivity contribution >= 4 is 15.5 Å². The SMILES string of the molecule is CS(=O)(=O)c1ccc(C(CC(=NO)C2CCOCC2)c2ccccc2)cc1. The van der Waals surface area contributed by atoms with E-state index in [4.69, 9.17) is 4.74 Å². The lowest BCUT2D eigenvalue weighted by Gasteiger charge is -2.26. The minimum absolute atomic E-state index is 0.00597. The molecular weight excluding hydrogens is 362 g/mol. The Hall–Kier alpha value is -2.18. The Kier molecular flexibility index (Phi) is 6.29. The van der Waals surface area contributed by atoms with E-state index in [1.807, 2.05) is 42.5 Å². The van der Waals surface area contributed by atoms with Crippen LogP contribution in [0.2, 0.25) is 0 Å². The molecule has 27 heavy (non-hydrogen) atoms. The minimum atomic E-state index is -3.23. The standard InChI is InChI=1S/C21H25NO4S/c1-27(24,25)19-9-7-17(8-10-19)20(16-5-3-2-4-6-16)15-21(22-23)18-11-13-26-14-12-18/h2-10,18,20,23H,11-15H2,1H3. The first-order chi connectivity index (χ1) is 13.0. The lowest BCUT2D eigenvalue weighted by Crippen LogP contribution is -2.25. The highest BCUT2D eigenvalue weighted by molar-refractivity contribution is 7.90. The highest BCUT2D eigenvalue weighted by Crippen LogP contribution is 2.32. The van der Waals surface area contributed by atoms with E-state index in [1.54, 1.807) is 12.1 Å². The molecule has 3 rings (SSSR count). The average molecular weight is 388 g/mol. The first-order valence-electron chi connectivity index (χ1n) is 9.12. The number of benzene rings is 2. The third kappa shape index (κ3) is 4.96. The van der Waals surface area contributed by atoms with Gasteiger partial charge in [0.25, 0.3) is 0 Å². The number of sulfone groups is 1. The van der Waals surface area contributed by atoms with E-state index in [2.05, 4.69) is 5.16 Å². The Balaban J connectivity index is 1.92. The van der Waals surface area contributed by atoms with Gasteiger partial charge < -0.3 is 9.94 Å². The number of hydrogen-bond acceptors (Lipinski definition) is 5. The van der Waals surface area contributed by atoms with E-state index >= 15 is 0 Å². The number of ether oxygens (including phenoxy) is 1. The van der Waals surface area contributed by atoms with E-state index in [-0.39, 0.29) is 11.8 Å². The van der Waals surface area contributed by atoms with Gasteiger partial charge in [-0.3, -0.25) is 0 Å². The second-order valence-corrected chi connectivity index (χ2v) is 9.00. The molecule has 0 aliphatic carbocycles. The summed E-state index contributed by atoms with van der Waals surface area (Å²) in [5.41, 5.74) is 2.89. The molecule has 1 fully saturated rings. The van der Waals surface area contributed by atoms with Gasteiger partial charge in [-0.25, -0.2) is 8.42 Å². The molecule has 2 aromatic rings. The average Bonchev–Trinajstić information content (AvgIpc) is 2.70. The number of hydrogen-bond donors (Lipinski definition) is 1. The van der Waals surface area contributed by atoms with Crippen molar-refractivity contribution in [3.05, 3.63) is 65.7 Å². The highest BCUT2D eigenvalue weighted by Gasteiger charge is 2.25. The van der Waals surface area contributed by atoms with Crippen molar-refractivity contribution in [2.75, 3.05) is 19.5 Å². The van der Waals surface area contributed by atoms with Gasteiger partial charge in [-0.05, 0) is 36.1 Å². The van der Waals surface area contributed by atoms with Crippen LogP contribution in [0.4, 0.5) is 0 Å². The maximum absolute atomic E-state index is 11.8. The van der Waals surface area contributed by atoms with E-state index in [0.717, 1.165) is 29.7 Å². The van der Waals surface area contributed by atoms with Crippen LogP contribution in [-0.4, -0.2) is 38.8 Å². The summed E-state index contributed by atoms with van der Waals surface area (Å²) in [6.07, 6.45) is 3.50. The van der Waals surface area contributed by atoms with E-state index in [0.29, 0.717) is 24.5 Å². The molecule has 0 spiro atoms. The van der Waals surface area contributed by atoms with E-state index in [9.17, 15) is 13.6 Å². The van der Waals surface area contributed by atoms with Gasteiger partial charge >= 0.3 is 0 Å². The van der Waals surface area contributed by atoms with Crippen LogP contribution in [0.5, 0.6) is 0 Å². The Morgan fingerprint density at radius 1 is 1.07 bits per heavy atom. The molecule has 1 saturated heterocycles. The summed E-state index contributed by atoms with van der Waals surface area (Å²) in [6.45, 7) is 1.37. The zero-order valence-electron chi connectivity index (χ0n) is 15.4. The summed E-state index contributed by atoms with van der Waals surface area (Å²) in [5.74, 6) is 0.207. The fourth-order valence-electron chi connectivity index (χ4n) is 3.59. The summed E-state index contributed by atoms with van der Waals surface area (Å²) in [5, 5.41) is 13.3. The molecule has 1 N–H and O–H groups in total. The first kappa shape index (κ1) is 19.6. The molecule has 0 amide bonds. The Labute approximate surface area is 160 Å². The maximum atomic E-state index is 11.8. The van der Waals surface area contributed by atoms with Gasteiger partial charge in [0, 0.05) is 37.7 Å². The predicted molar refractivity (Wildman–Crippen MR) is 105 cm³/mol. The molecule has 6 heteroatoms. The summed E-state index contributed by atoms with van der Waals surface area (Å²) in [7, 11) is -3.23. The fraction of sp³-hybridized carbons (Fsp3) is 0.381. The van der Waals surface area contributed by atoms with Gasteiger partial charge in [-0.2, -0.15) is 0 Å². The topological polar surface area (TPSA) is 76.0 Å². The number of rotatable bonds is 6. The van der Waals surface area contributed by atoms with E-state index in [1.165, 1.54) is 6.26 Å². The first-order valence-corrected chi connectivity index (χ1v) is 11.0. The molecule has 1 aliphatic rings. The van der Waals surface area contributed by atoms with Gasteiger partial charge in [0.2, 0.25) is 0 Å². The van der Waals surface area contributed by atoms with Crippen molar-refractivity contribution in [1.82, 2.24) is 0 Å². The molecule has 2 aromatic carbocycles. The van der Waals surface area contributed by atoms with Gasteiger partial charge in [-0.15, -0.1) is 0 Å². The van der Waals surface area contributed by atoms with Crippen molar-refractivity contribution in [2.45, 2.75) is 30.1 Å². The van der Waals surface area contributed by atoms with Crippen LogP contribution < -0.4 is 0 Å². The quantitative estimate of drug-likeness (QED) is 0.464. The van der Waals surface area contributed by atoms with Gasteiger partial charge in [0.15, 0.2) is 9.84 Å². The van der Waals surface area contributed by atoms with Crippen LogP contribution in [0, 0.1) is 5.92 Å². The van der Waals surface area contributed by atoms with Crippen LogP contribution in [0.25, 0.3) is 0 Å². The second kappa shape index (κ2) is 8.67. The fourth-order valence-corrected chi connectivity index (χ4v) is 4.22. The summed E-state index contributed by atoms with van der Waals surface area (Å²) in [4.78, 5) is 0.304. The molecule has 5 nitrogen and oxygen atoms in total. The van der Waals surface area contributed by atoms with Crippen LogP contribution >= 0.6 is 0 Å². The van der Waals surface area contributed by atoms with Crippen molar-refractivity contribution < 1.29 is 18.4 Å². The van der Waals surface area contributed by atoms with Gasteiger partial charge in [0.1, 0.15) is 0 Å². The molecule has 144 valence electrons. The molecule has 0 saturated carbocycles. The largest absolute Gasteiger partial charge is 0.411 e. The van der Waals surface area contributed by atoms with Crippen LogP contribution in [0.15, 0.2) is 64.6 Å². The molecule has 1 atom stereocenters. The molecule has 0 radical (unpaired) electrons. The van der Waals surface area contributed by atoms with Crippen molar-refractivity contribution in [2.24, 2.45) is 11.1 Å². The Morgan fingerprint density at radius 2 is 1.67 bits per heavy atom. The zero-order chi connectivity index (χ0) is 19.3. The lowest BCUT2D eigenvalue weighted by atomic mass is 9.82. The lowest BCUT2D eigenvalue weighted by molar-refractivity contribution is 0.0814. The van der Waals surface area contributed by atoms with Gasteiger partial charge in [-0.1, -0.05) is 47.6 Å². The van der Waals surface area contributed by atoms with Crippen molar-refractivity contribution in [3.63, 3.8) is 0 Å². The van der Waals surface area contributed by atoms with Gasteiger partial charge in [0.05, 0.1) is 10.6 Å². The summed E-state index contributed by atoms with van der Waals surface area (Å²) in [6, 6.07) is 17.0. The predicted octanol–water partition coefficient (Wildman–Crippen LogP) is 3.87.